The van der Waals surface area contributed by atoms with Gasteiger partial charge in [0, 0.05) is 30.7 Å². The van der Waals surface area contributed by atoms with E-state index >= 15 is 0 Å². The Bertz CT molecular complexity index is 883. The van der Waals surface area contributed by atoms with Crippen molar-refractivity contribution < 1.29 is 18.4 Å². The Labute approximate surface area is 163 Å². The standard InChI is InChI=1S/C19H18BrF2N3O2/c20-13-10-15(22)18(19(23)27)16(11-13)24-5-7-25(8-6-24)17(26)9-12-3-1-2-4-14(12)21/h1-4,10-11H,5-9H2,(H2,23,27). The number of hydrogen-bond acceptors (Lipinski definition) is 3. The molecular formula is C19H18BrF2N3O2. The van der Waals surface area contributed by atoms with E-state index < -0.39 is 17.5 Å². The largest absolute Gasteiger partial charge is 0.367 e. The van der Waals surface area contributed by atoms with Crippen LogP contribution in [0.2, 0.25) is 0 Å². The molecular weight excluding hydrogens is 420 g/mol. The Morgan fingerprint density at radius 3 is 2.33 bits per heavy atom. The van der Waals surface area contributed by atoms with E-state index in [9.17, 15) is 18.4 Å². The summed E-state index contributed by atoms with van der Waals surface area (Å²) in [7, 11) is 0. The van der Waals surface area contributed by atoms with Crippen molar-refractivity contribution in [3.05, 3.63) is 63.6 Å². The van der Waals surface area contributed by atoms with Crippen LogP contribution in [0.15, 0.2) is 40.9 Å². The second-order valence-electron chi connectivity index (χ2n) is 6.28. The average molecular weight is 438 g/mol. The van der Waals surface area contributed by atoms with Crippen molar-refractivity contribution in [2.24, 2.45) is 5.73 Å². The van der Waals surface area contributed by atoms with Gasteiger partial charge in [-0.1, -0.05) is 34.1 Å². The first-order chi connectivity index (χ1) is 12.9. The maximum atomic E-state index is 14.1. The number of rotatable bonds is 4. The molecule has 0 saturated carbocycles. The minimum atomic E-state index is -0.840. The molecule has 1 aliphatic heterocycles. The minimum Gasteiger partial charge on any atom is -0.367 e. The minimum absolute atomic E-state index is 0.00920. The molecule has 0 bridgehead atoms. The number of amides is 2. The summed E-state index contributed by atoms with van der Waals surface area (Å²) < 4.78 is 28.4. The summed E-state index contributed by atoms with van der Waals surface area (Å²) in [5.74, 6) is -2.10. The second kappa shape index (κ2) is 8.04. The van der Waals surface area contributed by atoms with E-state index in [2.05, 4.69) is 15.9 Å². The first kappa shape index (κ1) is 19.3. The van der Waals surface area contributed by atoms with E-state index in [0.29, 0.717) is 41.9 Å². The number of piperazine rings is 1. The number of anilines is 1. The molecule has 0 unspecified atom stereocenters. The van der Waals surface area contributed by atoms with Crippen molar-refractivity contribution in [1.29, 1.82) is 0 Å². The number of hydrogen-bond donors (Lipinski definition) is 1. The third-order valence-electron chi connectivity index (χ3n) is 4.55. The number of carbonyl (C=O) groups is 2. The van der Waals surface area contributed by atoms with Crippen LogP contribution in [0.25, 0.3) is 0 Å². The number of primary amides is 1. The Hall–Kier alpha value is -2.48. The Kier molecular flexibility index (Phi) is 5.74. The summed E-state index contributed by atoms with van der Waals surface area (Å²) in [6.45, 7) is 1.61. The van der Waals surface area contributed by atoms with Gasteiger partial charge in [-0.2, -0.15) is 0 Å². The van der Waals surface area contributed by atoms with Crippen molar-refractivity contribution >= 4 is 33.4 Å². The zero-order valence-corrected chi connectivity index (χ0v) is 16.0. The average Bonchev–Trinajstić information content (AvgIpc) is 2.62. The van der Waals surface area contributed by atoms with Gasteiger partial charge in [-0.3, -0.25) is 9.59 Å². The number of nitrogens with two attached hydrogens (primary N) is 1. The molecule has 2 amide bonds. The predicted octanol–water partition coefficient (Wildman–Crippen LogP) is 2.72. The number of benzene rings is 2. The normalized spacial score (nSPS) is 14.3. The van der Waals surface area contributed by atoms with Crippen LogP contribution < -0.4 is 10.6 Å². The summed E-state index contributed by atoms with van der Waals surface area (Å²) >= 11 is 3.22. The SMILES string of the molecule is NC(=O)c1c(F)cc(Br)cc1N1CCN(C(=O)Cc2ccccc2F)CC1. The molecule has 0 radical (unpaired) electrons. The Morgan fingerprint density at radius 1 is 1.04 bits per heavy atom. The predicted molar refractivity (Wildman–Crippen MR) is 102 cm³/mol. The van der Waals surface area contributed by atoms with Crippen LogP contribution >= 0.6 is 15.9 Å². The fraction of sp³-hybridized carbons (Fsp3) is 0.263. The summed E-state index contributed by atoms with van der Waals surface area (Å²) in [4.78, 5) is 27.6. The molecule has 2 N–H and O–H groups in total. The van der Waals surface area contributed by atoms with Crippen LogP contribution in [0.5, 0.6) is 0 Å². The molecule has 142 valence electrons. The van der Waals surface area contributed by atoms with Crippen LogP contribution in [-0.4, -0.2) is 42.9 Å². The highest BCUT2D eigenvalue weighted by Crippen LogP contribution is 2.28. The Morgan fingerprint density at radius 2 is 1.70 bits per heavy atom. The summed E-state index contributed by atoms with van der Waals surface area (Å²) in [5.41, 5.74) is 5.92. The molecule has 1 saturated heterocycles. The summed E-state index contributed by atoms with van der Waals surface area (Å²) in [6, 6.07) is 9.02. The van der Waals surface area contributed by atoms with Crippen LogP contribution in [0.3, 0.4) is 0 Å². The highest BCUT2D eigenvalue weighted by atomic mass is 79.9. The quantitative estimate of drug-likeness (QED) is 0.799. The van der Waals surface area contributed by atoms with Crippen molar-refractivity contribution in [3.63, 3.8) is 0 Å². The molecule has 3 rings (SSSR count). The van der Waals surface area contributed by atoms with Gasteiger partial charge in [0.15, 0.2) is 0 Å². The molecule has 0 spiro atoms. The van der Waals surface area contributed by atoms with E-state index in [4.69, 9.17) is 5.73 Å². The van der Waals surface area contributed by atoms with Gasteiger partial charge in [-0.15, -0.1) is 0 Å². The maximum absolute atomic E-state index is 14.1. The third kappa shape index (κ3) is 4.27. The fourth-order valence-corrected chi connectivity index (χ4v) is 3.58. The lowest BCUT2D eigenvalue weighted by Crippen LogP contribution is -2.49. The van der Waals surface area contributed by atoms with E-state index in [1.165, 1.54) is 12.1 Å². The van der Waals surface area contributed by atoms with E-state index in [1.807, 2.05) is 4.90 Å². The topological polar surface area (TPSA) is 66.6 Å². The fourth-order valence-electron chi connectivity index (χ4n) is 3.17. The summed E-state index contributed by atoms with van der Waals surface area (Å²) in [6.07, 6.45) is -0.00920. The first-order valence-corrected chi connectivity index (χ1v) is 9.21. The Balaban J connectivity index is 1.70. The van der Waals surface area contributed by atoms with Crippen LogP contribution in [-0.2, 0) is 11.2 Å². The number of carbonyl (C=O) groups excluding carboxylic acids is 2. The lowest BCUT2D eigenvalue weighted by Gasteiger charge is -2.37. The van der Waals surface area contributed by atoms with Gasteiger partial charge in [0.1, 0.15) is 11.6 Å². The molecule has 27 heavy (non-hydrogen) atoms. The van der Waals surface area contributed by atoms with Gasteiger partial charge in [0.05, 0.1) is 17.7 Å². The monoisotopic (exact) mass is 437 g/mol. The van der Waals surface area contributed by atoms with E-state index in [0.717, 1.165) is 0 Å². The van der Waals surface area contributed by atoms with E-state index in [-0.39, 0.29) is 17.9 Å². The molecule has 1 aliphatic rings. The van der Waals surface area contributed by atoms with Crippen molar-refractivity contribution in [2.75, 3.05) is 31.1 Å². The van der Waals surface area contributed by atoms with Gasteiger partial charge in [0.2, 0.25) is 5.91 Å². The third-order valence-corrected chi connectivity index (χ3v) is 5.01. The van der Waals surface area contributed by atoms with Gasteiger partial charge in [-0.25, -0.2) is 8.78 Å². The zero-order chi connectivity index (χ0) is 19.6. The van der Waals surface area contributed by atoms with E-state index in [1.54, 1.807) is 29.2 Å². The van der Waals surface area contributed by atoms with Gasteiger partial charge in [0.25, 0.3) is 5.91 Å². The molecule has 2 aromatic rings. The summed E-state index contributed by atoms with van der Waals surface area (Å²) in [5, 5.41) is 0. The van der Waals surface area contributed by atoms with Crippen molar-refractivity contribution in [2.45, 2.75) is 6.42 Å². The highest BCUT2D eigenvalue weighted by Gasteiger charge is 2.26. The molecule has 1 fully saturated rings. The molecule has 0 aromatic heterocycles. The maximum Gasteiger partial charge on any atom is 0.253 e. The lowest BCUT2D eigenvalue weighted by atomic mass is 10.1. The molecule has 0 atom stereocenters. The first-order valence-electron chi connectivity index (χ1n) is 8.42. The zero-order valence-electron chi connectivity index (χ0n) is 14.4. The molecule has 8 heteroatoms. The van der Waals surface area contributed by atoms with Crippen LogP contribution in [0.4, 0.5) is 14.5 Å². The van der Waals surface area contributed by atoms with Gasteiger partial charge in [-0.05, 0) is 23.8 Å². The van der Waals surface area contributed by atoms with Gasteiger partial charge >= 0.3 is 0 Å². The number of halogens is 3. The molecule has 0 aliphatic carbocycles. The lowest BCUT2D eigenvalue weighted by molar-refractivity contribution is -0.130. The number of nitrogens with zero attached hydrogens (tertiary/aromatic N) is 2. The smallest absolute Gasteiger partial charge is 0.253 e. The second-order valence-corrected chi connectivity index (χ2v) is 7.20. The van der Waals surface area contributed by atoms with Crippen molar-refractivity contribution in [1.82, 2.24) is 4.90 Å². The van der Waals surface area contributed by atoms with Crippen molar-refractivity contribution in [3.8, 4) is 0 Å². The molecule has 2 aromatic carbocycles. The highest BCUT2D eigenvalue weighted by molar-refractivity contribution is 9.10. The molecule has 5 nitrogen and oxygen atoms in total. The van der Waals surface area contributed by atoms with Gasteiger partial charge < -0.3 is 15.5 Å². The van der Waals surface area contributed by atoms with Crippen LogP contribution in [0, 0.1) is 11.6 Å². The van der Waals surface area contributed by atoms with Crippen LogP contribution in [0.1, 0.15) is 15.9 Å². The molecule has 1 heterocycles.